The number of hydrogen-bond acceptors (Lipinski definition) is 3. The lowest BCUT2D eigenvalue weighted by atomic mass is 10.1. The number of hydrogen-bond donors (Lipinski definition) is 1. The fourth-order valence-corrected chi connectivity index (χ4v) is 3.11. The zero-order chi connectivity index (χ0) is 13.4. The summed E-state index contributed by atoms with van der Waals surface area (Å²) in [5, 5.41) is 3.10. The molecule has 1 aromatic carbocycles. The van der Waals surface area contributed by atoms with Gasteiger partial charge < -0.3 is 5.73 Å². The summed E-state index contributed by atoms with van der Waals surface area (Å²) in [6.07, 6.45) is 2.78. The largest absolute Gasteiger partial charge is 0.330 e. The number of nitrogens with zero attached hydrogens (tertiary/aromatic N) is 2. The molecule has 0 saturated heterocycles. The minimum Gasteiger partial charge on any atom is -0.330 e. The van der Waals surface area contributed by atoms with Gasteiger partial charge in [0.25, 0.3) is 0 Å². The Morgan fingerprint density at radius 3 is 2.84 bits per heavy atom. The Hall–Kier alpha value is -1.07. The van der Waals surface area contributed by atoms with Gasteiger partial charge >= 0.3 is 0 Å². The van der Waals surface area contributed by atoms with Gasteiger partial charge in [-0.2, -0.15) is 0 Å². The second kappa shape index (κ2) is 5.13. The summed E-state index contributed by atoms with van der Waals surface area (Å²) in [5.74, 6) is 0. The van der Waals surface area contributed by atoms with Crippen LogP contribution < -0.4 is 5.73 Å². The molecule has 3 rings (SSSR count). The fourth-order valence-electron chi connectivity index (χ4n) is 2.08. The maximum absolute atomic E-state index is 6.08. The molecule has 3 aromatic rings. The van der Waals surface area contributed by atoms with Crippen LogP contribution in [-0.4, -0.2) is 15.9 Å². The van der Waals surface area contributed by atoms with Crippen LogP contribution in [-0.2, 0) is 6.42 Å². The maximum Gasteiger partial charge on any atom is 0.194 e. The summed E-state index contributed by atoms with van der Waals surface area (Å²) in [5.41, 5.74) is 8.70. The topological polar surface area (TPSA) is 43.3 Å². The predicted octanol–water partition coefficient (Wildman–Crippen LogP) is 3.87. The Morgan fingerprint density at radius 1 is 1.26 bits per heavy atom. The lowest BCUT2D eigenvalue weighted by Crippen LogP contribution is -2.05. The molecule has 0 aliphatic carbocycles. The van der Waals surface area contributed by atoms with Crippen LogP contribution in [0.5, 0.6) is 0 Å². The maximum atomic E-state index is 6.08. The van der Waals surface area contributed by atoms with E-state index in [-0.39, 0.29) is 0 Å². The second-order valence-corrected chi connectivity index (χ2v) is 5.82. The van der Waals surface area contributed by atoms with Crippen molar-refractivity contribution >= 4 is 39.5 Å². The number of rotatable bonds is 3. The van der Waals surface area contributed by atoms with Crippen LogP contribution in [0.2, 0.25) is 10.0 Å². The van der Waals surface area contributed by atoms with Crippen LogP contribution in [0, 0.1) is 0 Å². The Balaban J connectivity index is 2.19. The molecule has 0 bridgehead atoms. The van der Waals surface area contributed by atoms with Crippen molar-refractivity contribution in [2.45, 2.75) is 6.42 Å². The SMILES string of the molecule is NCCc1c(-c2ccc(Cl)c(Cl)c2)nc2sccn12. The van der Waals surface area contributed by atoms with Gasteiger partial charge in [0.1, 0.15) is 0 Å². The number of benzene rings is 1. The molecule has 0 aliphatic rings. The van der Waals surface area contributed by atoms with Crippen LogP contribution in [0.3, 0.4) is 0 Å². The van der Waals surface area contributed by atoms with Crippen molar-refractivity contribution in [2.75, 3.05) is 6.54 Å². The lowest BCUT2D eigenvalue weighted by Gasteiger charge is -2.04. The molecule has 19 heavy (non-hydrogen) atoms. The zero-order valence-electron chi connectivity index (χ0n) is 9.94. The Morgan fingerprint density at radius 2 is 2.11 bits per heavy atom. The molecule has 0 aliphatic heterocycles. The first kappa shape index (κ1) is 12.9. The van der Waals surface area contributed by atoms with Crippen LogP contribution in [0.1, 0.15) is 5.69 Å². The van der Waals surface area contributed by atoms with Crippen molar-refractivity contribution in [1.82, 2.24) is 9.38 Å². The van der Waals surface area contributed by atoms with Crippen LogP contribution in [0.4, 0.5) is 0 Å². The van der Waals surface area contributed by atoms with Gasteiger partial charge in [0, 0.05) is 23.6 Å². The van der Waals surface area contributed by atoms with Gasteiger partial charge in [0.05, 0.1) is 21.4 Å². The Bertz CT molecular complexity index is 733. The molecule has 2 N–H and O–H groups in total. The molecule has 98 valence electrons. The van der Waals surface area contributed by atoms with E-state index in [4.69, 9.17) is 28.9 Å². The zero-order valence-corrected chi connectivity index (χ0v) is 12.3. The molecule has 0 saturated carbocycles. The van der Waals surface area contributed by atoms with Crippen LogP contribution >= 0.6 is 34.5 Å². The van der Waals surface area contributed by atoms with E-state index in [1.165, 1.54) is 0 Å². The minimum absolute atomic E-state index is 0.536. The third-order valence-corrected chi connectivity index (χ3v) is 4.43. The van der Waals surface area contributed by atoms with E-state index in [0.717, 1.165) is 28.3 Å². The number of imidazole rings is 1. The fraction of sp³-hybridized carbons (Fsp3) is 0.154. The first-order valence-electron chi connectivity index (χ1n) is 5.80. The highest BCUT2D eigenvalue weighted by Crippen LogP contribution is 2.31. The van der Waals surface area contributed by atoms with Gasteiger partial charge in [0.2, 0.25) is 0 Å². The minimum atomic E-state index is 0.536. The van der Waals surface area contributed by atoms with E-state index in [2.05, 4.69) is 9.38 Å². The van der Waals surface area contributed by atoms with Crippen molar-refractivity contribution in [3.63, 3.8) is 0 Å². The van der Waals surface area contributed by atoms with Crippen molar-refractivity contribution in [3.8, 4) is 11.3 Å². The number of halogens is 2. The molecule has 0 atom stereocenters. The standard InChI is InChI=1S/C13H11Cl2N3S/c14-9-2-1-8(7-10(9)15)12-11(3-4-16)18-5-6-19-13(18)17-12/h1-2,5-7H,3-4,16H2. The highest BCUT2D eigenvalue weighted by Gasteiger charge is 2.15. The summed E-state index contributed by atoms with van der Waals surface area (Å²) in [6.45, 7) is 0.581. The number of aromatic nitrogens is 2. The molecule has 0 fully saturated rings. The quantitative estimate of drug-likeness (QED) is 0.798. The van der Waals surface area contributed by atoms with Crippen molar-refractivity contribution in [1.29, 1.82) is 0 Å². The van der Waals surface area contributed by atoms with Crippen LogP contribution in [0.15, 0.2) is 29.8 Å². The van der Waals surface area contributed by atoms with E-state index < -0.39 is 0 Å². The molecule has 6 heteroatoms. The molecule has 0 radical (unpaired) electrons. The van der Waals surface area contributed by atoms with Crippen molar-refractivity contribution in [3.05, 3.63) is 45.5 Å². The average molecular weight is 312 g/mol. The normalized spacial score (nSPS) is 11.3. The Kier molecular flexibility index (Phi) is 3.50. The second-order valence-electron chi connectivity index (χ2n) is 4.13. The first-order chi connectivity index (χ1) is 9.20. The van der Waals surface area contributed by atoms with Gasteiger partial charge in [-0.15, -0.1) is 11.3 Å². The number of nitrogens with two attached hydrogens (primary N) is 1. The summed E-state index contributed by atoms with van der Waals surface area (Å²) >= 11 is 13.6. The predicted molar refractivity (Wildman–Crippen MR) is 81.3 cm³/mol. The van der Waals surface area contributed by atoms with Gasteiger partial charge in [-0.25, -0.2) is 4.98 Å². The molecule has 0 unspecified atom stereocenters. The molecule has 0 spiro atoms. The average Bonchev–Trinajstić information content (AvgIpc) is 2.96. The monoisotopic (exact) mass is 311 g/mol. The third-order valence-electron chi connectivity index (χ3n) is 2.94. The summed E-state index contributed by atoms with van der Waals surface area (Å²) in [7, 11) is 0. The summed E-state index contributed by atoms with van der Waals surface area (Å²) in [6, 6.07) is 5.57. The molecule has 2 heterocycles. The number of thiazole rings is 1. The molecular formula is C13H11Cl2N3S. The van der Waals surface area contributed by atoms with E-state index >= 15 is 0 Å². The molecule has 3 nitrogen and oxygen atoms in total. The summed E-state index contributed by atoms with van der Waals surface area (Å²) in [4.78, 5) is 5.62. The molecular weight excluding hydrogens is 301 g/mol. The first-order valence-corrected chi connectivity index (χ1v) is 7.44. The summed E-state index contributed by atoms with van der Waals surface area (Å²) < 4.78 is 2.08. The van der Waals surface area contributed by atoms with Crippen LogP contribution in [0.25, 0.3) is 16.2 Å². The van der Waals surface area contributed by atoms with E-state index in [1.54, 1.807) is 17.4 Å². The van der Waals surface area contributed by atoms with Gasteiger partial charge in [-0.05, 0) is 18.7 Å². The van der Waals surface area contributed by atoms with Gasteiger partial charge in [-0.3, -0.25) is 4.40 Å². The smallest absolute Gasteiger partial charge is 0.194 e. The highest BCUT2D eigenvalue weighted by molar-refractivity contribution is 7.15. The van der Waals surface area contributed by atoms with Crippen molar-refractivity contribution < 1.29 is 0 Å². The molecule has 0 amide bonds. The third kappa shape index (κ3) is 2.25. The Labute approximate surface area is 124 Å². The van der Waals surface area contributed by atoms with E-state index in [0.29, 0.717) is 16.6 Å². The molecule has 2 aromatic heterocycles. The van der Waals surface area contributed by atoms with Gasteiger partial charge in [-0.1, -0.05) is 29.3 Å². The highest BCUT2D eigenvalue weighted by atomic mass is 35.5. The van der Waals surface area contributed by atoms with Crippen molar-refractivity contribution in [2.24, 2.45) is 5.73 Å². The lowest BCUT2D eigenvalue weighted by molar-refractivity contribution is 0.911. The number of fused-ring (bicyclic) bond motifs is 1. The van der Waals surface area contributed by atoms with Gasteiger partial charge in [0.15, 0.2) is 4.96 Å². The van der Waals surface area contributed by atoms with E-state index in [1.807, 2.05) is 23.7 Å². The van der Waals surface area contributed by atoms with E-state index in [9.17, 15) is 0 Å².